The van der Waals surface area contributed by atoms with Crippen LogP contribution in [0.3, 0.4) is 0 Å². The van der Waals surface area contributed by atoms with Crippen molar-refractivity contribution in [3.05, 3.63) is 95.7 Å². The molecule has 10 rings (SSSR count). The van der Waals surface area contributed by atoms with Crippen molar-refractivity contribution in [1.29, 1.82) is 0 Å². The second-order valence-electron chi connectivity index (χ2n) is 16.4. The molecule has 304 valence electrons. The molecule has 3 aromatic carbocycles. The number of rotatable bonds is 10. The highest BCUT2D eigenvalue weighted by Gasteiger charge is 2.37. The fourth-order valence-corrected chi connectivity index (χ4v) is 9.55. The lowest BCUT2D eigenvalue weighted by Gasteiger charge is -2.43. The number of urea groups is 1. The number of piperazine rings is 1. The fourth-order valence-electron chi connectivity index (χ4n) is 9.55. The number of hydrogen-bond donors (Lipinski definition) is 3. The first kappa shape index (κ1) is 37.2. The molecule has 15 heteroatoms. The van der Waals surface area contributed by atoms with Crippen LogP contribution in [0.4, 0.5) is 33.8 Å². The molecule has 1 aliphatic carbocycles. The van der Waals surface area contributed by atoms with E-state index in [1.165, 1.54) is 34.1 Å². The van der Waals surface area contributed by atoms with Crippen molar-refractivity contribution in [2.75, 3.05) is 61.3 Å². The predicted octanol–water partition coefficient (Wildman–Crippen LogP) is 6.03. The summed E-state index contributed by atoms with van der Waals surface area (Å²) < 4.78 is 2.27. The molecule has 5 aliphatic rings. The lowest BCUT2D eigenvalue weighted by atomic mass is 10.0. The maximum Gasteiger partial charge on any atom is 0.342 e. The van der Waals surface area contributed by atoms with Crippen LogP contribution in [0.15, 0.2) is 79.0 Å². The van der Waals surface area contributed by atoms with Crippen LogP contribution in [0.1, 0.15) is 72.5 Å². The molecule has 4 amide bonds. The number of aromatic nitrogens is 4. The molecule has 3 saturated heterocycles. The first-order valence-electron chi connectivity index (χ1n) is 21.1. The topological polar surface area (TPSA) is 147 Å². The zero-order chi connectivity index (χ0) is 39.9. The first-order valence-corrected chi connectivity index (χ1v) is 21.1. The van der Waals surface area contributed by atoms with Gasteiger partial charge in [0.05, 0.1) is 19.3 Å². The van der Waals surface area contributed by atoms with E-state index in [1.807, 2.05) is 36.5 Å². The van der Waals surface area contributed by atoms with Gasteiger partial charge in [-0.2, -0.15) is 4.98 Å². The Morgan fingerprint density at radius 3 is 2.25 bits per heavy atom. The van der Waals surface area contributed by atoms with Crippen LogP contribution in [0.2, 0.25) is 0 Å². The number of para-hydroxylation sites is 1. The lowest BCUT2D eigenvalue weighted by Crippen LogP contribution is -2.56. The Morgan fingerprint density at radius 1 is 0.729 bits per heavy atom. The summed E-state index contributed by atoms with van der Waals surface area (Å²) in [4.78, 5) is 59.3. The number of nitrogens with zero attached hydrogens (tertiary/aromatic N) is 9. The van der Waals surface area contributed by atoms with E-state index in [1.54, 1.807) is 0 Å². The van der Waals surface area contributed by atoms with E-state index in [2.05, 4.69) is 82.7 Å². The van der Waals surface area contributed by atoms with E-state index in [0.717, 1.165) is 106 Å². The Labute approximate surface area is 343 Å². The van der Waals surface area contributed by atoms with Gasteiger partial charge in [0.15, 0.2) is 5.65 Å². The summed E-state index contributed by atoms with van der Waals surface area (Å²) in [5.74, 6) is 0.875. The molecule has 1 saturated carbocycles. The van der Waals surface area contributed by atoms with Gasteiger partial charge < -0.3 is 15.5 Å². The Bertz CT molecular complexity index is 2350. The third kappa shape index (κ3) is 7.67. The van der Waals surface area contributed by atoms with Gasteiger partial charge in [-0.3, -0.25) is 29.3 Å². The molecule has 2 aromatic heterocycles. The molecule has 6 heterocycles. The summed E-state index contributed by atoms with van der Waals surface area (Å²) in [5, 5.41) is 12.1. The van der Waals surface area contributed by atoms with Crippen LogP contribution < -0.4 is 20.9 Å². The van der Waals surface area contributed by atoms with Crippen molar-refractivity contribution in [1.82, 2.24) is 44.7 Å². The SMILES string of the molecule is O=C1CCN(N2Cc3cc(CN4CCN(C5CCN(c6ccc(Nc7ncc8nc(Nc9ccccc9)n(C9CCCC9)c8n7)cc6)CC5)CC4)ccc3C2=O)C(=O)N1. The van der Waals surface area contributed by atoms with E-state index >= 15 is 0 Å². The van der Waals surface area contributed by atoms with Crippen LogP contribution in [0, 0.1) is 0 Å². The van der Waals surface area contributed by atoms with E-state index in [-0.39, 0.29) is 24.8 Å². The van der Waals surface area contributed by atoms with Crippen LogP contribution in [0.5, 0.6) is 0 Å². The van der Waals surface area contributed by atoms with Crippen LogP contribution in [-0.2, 0) is 17.9 Å². The molecule has 59 heavy (non-hydrogen) atoms. The minimum absolute atomic E-state index is 0.189. The third-order valence-corrected chi connectivity index (χ3v) is 12.7. The number of imidazole rings is 1. The van der Waals surface area contributed by atoms with Crippen molar-refractivity contribution in [3.63, 3.8) is 0 Å². The number of hydrazine groups is 1. The van der Waals surface area contributed by atoms with Gasteiger partial charge in [-0.25, -0.2) is 24.8 Å². The highest BCUT2D eigenvalue weighted by molar-refractivity contribution is 6.02. The quantitative estimate of drug-likeness (QED) is 0.152. The molecule has 4 fully saturated rings. The monoisotopic (exact) mass is 794 g/mol. The number of benzene rings is 3. The number of carbonyl (C=O) groups excluding carboxylic acids is 3. The minimum Gasteiger partial charge on any atom is -0.371 e. The Kier molecular flexibility index (Phi) is 10.1. The third-order valence-electron chi connectivity index (χ3n) is 12.7. The van der Waals surface area contributed by atoms with Crippen molar-refractivity contribution < 1.29 is 14.4 Å². The minimum atomic E-state index is -0.537. The van der Waals surface area contributed by atoms with E-state index in [4.69, 9.17) is 9.97 Å². The molecule has 0 atom stereocenters. The highest BCUT2D eigenvalue weighted by atomic mass is 16.2. The van der Waals surface area contributed by atoms with Gasteiger partial charge in [-0.05, 0) is 79.3 Å². The summed E-state index contributed by atoms with van der Waals surface area (Å²) >= 11 is 0. The lowest BCUT2D eigenvalue weighted by molar-refractivity contribution is -0.123. The largest absolute Gasteiger partial charge is 0.371 e. The molecular weight excluding hydrogens is 745 g/mol. The second-order valence-corrected chi connectivity index (χ2v) is 16.4. The number of fused-ring (bicyclic) bond motifs is 2. The Morgan fingerprint density at radius 2 is 1.49 bits per heavy atom. The molecule has 4 aliphatic heterocycles. The summed E-state index contributed by atoms with van der Waals surface area (Å²) in [6.45, 7) is 7.54. The number of amides is 4. The normalized spacial score (nSPS) is 19.8. The molecule has 3 N–H and O–H groups in total. The molecule has 5 aromatic rings. The maximum atomic E-state index is 13.1. The number of carbonyl (C=O) groups is 3. The smallest absolute Gasteiger partial charge is 0.342 e. The van der Waals surface area contributed by atoms with Crippen molar-refractivity contribution in [2.24, 2.45) is 0 Å². The number of anilines is 5. The van der Waals surface area contributed by atoms with Crippen molar-refractivity contribution >= 4 is 58.0 Å². The number of imide groups is 1. The molecular formula is C44H50N12O3. The van der Waals surface area contributed by atoms with E-state index < -0.39 is 6.03 Å². The van der Waals surface area contributed by atoms with Gasteiger partial charge in [0.1, 0.15) is 5.52 Å². The van der Waals surface area contributed by atoms with Gasteiger partial charge in [-0.15, -0.1) is 0 Å². The molecule has 0 bridgehead atoms. The van der Waals surface area contributed by atoms with Gasteiger partial charge in [0, 0.05) is 86.9 Å². The van der Waals surface area contributed by atoms with Crippen LogP contribution in [0.25, 0.3) is 11.2 Å². The molecule has 0 radical (unpaired) electrons. The van der Waals surface area contributed by atoms with Crippen molar-refractivity contribution in [3.8, 4) is 0 Å². The van der Waals surface area contributed by atoms with Gasteiger partial charge in [0.25, 0.3) is 5.91 Å². The van der Waals surface area contributed by atoms with E-state index in [0.29, 0.717) is 30.1 Å². The number of nitrogens with one attached hydrogen (secondary N) is 3. The average Bonchev–Trinajstić information content (AvgIpc) is 3.99. The highest BCUT2D eigenvalue weighted by Crippen LogP contribution is 2.36. The molecule has 0 unspecified atom stereocenters. The van der Waals surface area contributed by atoms with Gasteiger partial charge >= 0.3 is 6.03 Å². The van der Waals surface area contributed by atoms with Gasteiger partial charge in [0.2, 0.25) is 17.8 Å². The number of piperidine rings is 1. The van der Waals surface area contributed by atoms with Crippen LogP contribution >= 0.6 is 0 Å². The fraction of sp³-hybridized carbons (Fsp3) is 0.409. The predicted molar refractivity (Wildman–Crippen MR) is 226 cm³/mol. The standard InChI is InChI=1S/C44H50N12O3/c57-39-18-21-54(44(59)49-39)55-29-31-26-30(10-15-37(31)41(55)58)28-51-22-24-53(25-23-51)35-16-19-52(20-17-35)34-13-11-33(12-14-34)46-42-45-27-38-40(50-42)56(36-8-4-5-9-36)43(48-38)47-32-6-2-1-3-7-32/h1-3,6-7,10-15,26-27,35-36H,4-5,8-9,16-25,28-29H2,(H,47,48)(H,45,46,50)(H,49,57,59). The molecule has 15 nitrogen and oxygen atoms in total. The summed E-state index contributed by atoms with van der Waals surface area (Å²) in [7, 11) is 0. The van der Waals surface area contributed by atoms with Crippen molar-refractivity contribution in [2.45, 2.75) is 70.1 Å². The second kappa shape index (κ2) is 15.9. The average molecular weight is 795 g/mol. The summed E-state index contributed by atoms with van der Waals surface area (Å²) in [6, 6.07) is 25.2. The maximum absolute atomic E-state index is 13.1. The molecule has 0 spiro atoms. The summed E-state index contributed by atoms with van der Waals surface area (Å²) in [6.07, 6.45) is 8.97. The van der Waals surface area contributed by atoms with E-state index in [9.17, 15) is 14.4 Å². The Hall–Kier alpha value is -6.06. The first-order chi connectivity index (χ1) is 28.9. The Balaban J connectivity index is 0.709. The zero-order valence-electron chi connectivity index (χ0n) is 33.2. The van der Waals surface area contributed by atoms with Gasteiger partial charge in [-0.1, -0.05) is 43.2 Å². The number of hydrogen-bond acceptors (Lipinski definition) is 11. The van der Waals surface area contributed by atoms with Crippen LogP contribution in [-0.4, -0.2) is 109 Å². The zero-order valence-corrected chi connectivity index (χ0v) is 33.2. The summed E-state index contributed by atoms with van der Waals surface area (Å²) in [5.41, 5.74) is 7.56.